The van der Waals surface area contributed by atoms with Crippen molar-refractivity contribution in [2.24, 2.45) is 0 Å². The number of non-ortho nitro benzene ring substituents is 1. The van der Waals surface area contributed by atoms with Gasteiger partial charge in [0.2, 0.25) is 0 Å². The molecule has 0 bridgehead atoms. The number of benzene rings is 2. The Kier molecular flexibility index (Phi) is 6.33. The van der Waals surface area contributed by atoms with E-state index in [0.29, 0.717) is 22.0 Å². The van der Waals surface area contributed by atoms with Crippen LogP contribution in [0.4, 0.5) is 5.69 Å². The monoisotopic (exact) mass is 445 g/mol. The molecule has 0 unspecified atom stereocenters. The Morgan fingerprint density at radius 3 is 2.60 bits per heavy atom. The quantitative estimate of drug-likeness (QED) is 0.312. The second-order valence-electron chi connectivity index (χ2n) is 5.88. The maximum atomic E-state index is 12.7. The van der Waals surface area contributed by atoms with Gasteiger partial charge in [-0.15, -0.1) is 0 Å². The van der Waals surface area contributed by atoms with Gasteiger partial charge < -0.3 is 9.47 Å². The zero-order valence-corrected chi connectivity index (χ0v) is 17.4. The number of nitrogens with one attached hydrogen (secondary N) is 1. The predicted molar refractivity (Wildman–Crippen MR) is 115 cm³/mol. The van der Waals surface area contributed by atoms with Gasteiger partial charge >= 0.3 is 0 Å². The van der Waals surface area contributed by atoms with Crippen molar-refractivity contribution in [1.29, 1.82) is 0 Å². The molecule has 1 fully saturated rings. The van der Waals surface area contributed by atoms with E-state index in [1.54, 1.807) is 24.3 Å². The molecular formula is C19H15N3O6S2. The molecule has 11 heteroatoms. The Balaban J connectivity index is 1.79. The third-order valence-corrected chi connectivity index (χ3v) is 5.33. The third kappa shape index (κ3) is 4.42. The molecule has 0 saturated carbocycles. The highest BCUT2D eigenvalue weighted by atomic mass is 32.2. The number of amides is 2. The van der Waals surface area contributed by atoms with Crippen molar-refractivity contribution in [3.63, 3.8) is 0 Å². The van der Waals surface area contributed by atoms with Crippen LogP contribution in [-0.2, 0) is 4.79 Å². The number of hydrazine groups is 1. The normalized spacial score (nSPS) is 14.7. The van der Waals surface area contributed by atoms with Crippen molar-refractivity contribution in [3.8, 4) is 11.5 Å². The van der Waals surface area contributed by atoms with Crippen LogP contribution >= 0.6 is 24.0 Å². The van der Waals surface area contributed by atoms with Gasteiger partial charge in [0.05, 0.1) is 24.0 Å². The number of thioether (sulfide) groups is 1. The van der Waals surface area contributed by atoms with E-state index in [0.717, 1.165) is 22.8 Å². The summed E-state index contributed by atoms with van der Waals surface area (Å²) >= 11 is 6.21. The number of methoxy groups -OCH3 is 2. The highest BCUT2D eigenvalue weighted by Crippen LogP contribution is 2.34. The number of carbonyl (C=O) groups is 2. The average Bonchev–Trinajstić information content (AvgIpc) is 3.00. The summed E-state index contributed by atoms with van der Waals surface area (Å²) in [6.07, 6.45) is 1.61. The summed E-state index contributed by atoms with van der Waals surface area (Å²) in [7, 11) is 3.03. The molecule has 1 aliphatic rings. The van der Waals surface area contributed by atoms with Crippen molar-refractivity contribution in [3.05, 3.63) is 68.6 Å². The number of rotatable bonds is 6. The number of nitro groups is 1. The summed E-state index contributed by atoms with van der Waals surface area (Å²) in [5.74, 6) is -0.159. The number of thiocarbonyl (C=S) groups is 1. The van der Waals surface area contributed by atoms with E-state index < -0.39 is 16.7 Å². The van der Waals surface area contributed by atoms with Crippen molar-refractivity contribution in [2.75, 3.05) is 14.2 Å². The molecule has 0 atom stereocenters. The molecule has 0 aromatic heterocycles. The van der Waals surface area contributed by atoms with Crippen LogP contribution in [0.3, 0.4) is 0 Å². The lowest BCUT2D eigenvalue weighted by Crippen LogP contribution is -2.44. The van der Waals surface area contributed by atoms with Gasteiger partial charge in [0.1, 0.15) is 0 Å². The highest BCUT2D eigenvalue weighted by Gasteiger charge is 2.34. The summed E-state index contributed by atoms with van der Waals surface area (Å²) in [5, 5.41) is 11.8. The summed E-state index contributed by atoms with van der Waals surface area (Å²) in [6, 6.07) is 10.3. The van der Waals surface area contributed by atoms with Crippen LogP contribution in [0, 0.1) is 10.1 Å². The second kappa shape index (κ2) is 8.93. The van der Waals surface area contributed by atoms with E-state index in [1.165, 1.54) is 32.4 Å². The highest BCUT2D eigenvalue weighted by molar-refractivity contribution is 8.26. The first-order valence-corrected chi connectivity index (χ1v) is 9.62. The van der Waals surface area contributed by atoms with Crippen LogP contribution in [-0.4, -0.2) is 40.3 Å². The van der Waals surface area contributed by atoms with E-state index in [2.05, 4.69) is 5.43 Å². The first-order chi connectivity index (χ1) is 14.3. The Morgan fingerprint density at radius 1 is 1.20 bits per heavy atom. The fourth-order valence-electron chi connectivity index (χ4n) is 2.58. The molecule has 1 N–H and O–H groups in total. The molecule has 2 aromatic rings. The molecule has 1 heterocycles. The van der Waals surface area contributed by atoms with Gasteiger partial charge in [-0.3, -0.25) is 25.1 Å². The minimum atomic E-state index is -0.692. The molecule has 9 nitrogen and oxygen atoms in total. The standard InChI is InChI=1S/C19H15N3O6S2/c1-27-14-7-6-11(8-15(14)28-2)9-16-18(24)21(19(29)30-16)20-17(23)12-4-3-5-13(10-12)22(25)26/h3-10H,1-2H3,(H,20,23). The largest absolute Gasteiger partial charge is 0.493 e. The fraction of sp³-hybridized carbons (Fsp3) is 0.105. The topological polar surface area (TPSA) is 111 Å². The molecule has 0 radical (unpaired) electrons. The summed E-state index contributed by atoms with van der Waals surface area (Å²) in [5.41, 5.74) is 2.87. The lowest BCUT2D eigenvalue weighted by Gasteiger charge is -2.15. The Morgan fingerprint density at radius 2 is 1.93 bits per heavy atom. The maximum Gasteiger partial charge on any atom is 0.285 e. The van der Waals surface area contributed by atoms with Gasteiger partial charge in [0.25, 0.3) is 17.5 Å². The Bertz CT molecular complexity index is 1090. The summed E-state index contributed by atoms with van der Waals surface area (Å²) < 4.78 is 10.6. The number of nitro benzene ring substituents is 1. The molecule has 2 aromatic carbocycles. The first-order valence-electron chi connectivity index (χ1n) is 8.39. The zero-order chi connectivity index (χ0) is 21.8. The van der Waals surface area contributed by atoms with Crippen molar-refractivity contribution >= 4 is 51.9 Å². The van der Waals surface area contributed by atoms with E-state index in [9.17, 15) is 19.7 Å². The van der Waals surface area contributed by atoms with Gasteiger partial charge in [-0.2, -0.15) is 5.01 Å². The van der Waals surface area contributed by atoms with E-state index in [4.69, 9.17) is 21.7 Å². The lowest BCUT2D eigenvalue weighted by molar-refractivity contribution is -0.384. The Labute approximate surface area is 180 Å². The van der Waals surface area contributed by atoms with E-state index >= 15 is 0 Å². The molecule has 0 spiro atoms. The Hall–Kier alpha value is -3.44. The van der Waals surface area contributed by atoms with Crippen LogP contribution in [0.1, 0.15) is 15.9 Å². The number of ether oxygens (including phenoxy) is 2. The molecule has 1 aliphatic heterocycles. The van der Waals surface area contributed by atoms with E-state index in [1.807, 2.05) is 0 Å². The molecule has 1 saturated heterocycles. The smallest absolute Gasteiger partial charge is 0.285 e. The van der Waals surface area contributed by atoms with Crippen molar-refractivity contribution < 1.29 is 24.0 Å². The maximum absolute atomic E-state index is 12.7. The summed E-state index contributed by atoms with van der Waals surface area (Å²) in [6.45, 7) is 0. The number of nitrogens with zero attached hydrogens (tertiary/aromatic N) is 2. The molecule has 2 amide bonds. The number of hydrogen-bond donors (Lipinski definition) is 1. The van der Waals surface area contributed by atoms with Crippen molar-refractivity contribution in [2.45, 2.75) is 0 Å². The van der Waals surface area contributed by atoms with Crippen molar-refractivity contribution in [1.82, 2.24) is 10.4 Å². The number of carbonyl (C=O) groups excluding carboxylic acids is 2. The van der Waals surface area contributed by atoms with Gasteiger partial charge in [0, 0.05) is 17.7 Å². The molecule has 0 aliphatic carbocycles. The van der Waals surface area contributed by atoms with Gasteiger partial charge in [0.15, 0.2) is 15.8 Å². The van der Waals surface area contributed by atoms with Crippen LogP contribution in [0.2, 0.25) is 0 Å². The summed E-state index contributed by atoms with van der Waals surface area (Å²) in [4.78, 5) is 35.7. The molecule has 30 heavy (non-hydrogen) atoms. The third-order valence-electron chi connectivity index (χ3n) is 4.03. The molecular weight excluding hydrogens is 430 g/mol. The van der Waals surface area contributed by atoms with E-state index in [-0.39, 0.29) is 15.6 Å². The SMILES string of the molecule is COc1ccc(C=C2SC(=S)N(NC(=O)c3cccc([N+](=O)[O-])c3)C2=O)cc1OC. The van der Waals surface area contributed by atoms with Crippen LogP contribution in [0.15, 0.2) is 47.4 Å². The second-order valence-corrected chi connectivity index (χ2v) is 7.56. The minimum absolute atomic E-state index is 0.0297. The van der Waals surface area contributed by atoms with Gasteiger partial charge in [-0.25, -0.2) is 0 Å². The van der Waals surface area contributed by atoms with Crippen LogP contribution in [0.5, 0.6) is 11.5 Å². The van der Waals surface area contributed by atoms with Gasteiger partial charge in [-0.05, 0) is 42.1 Å². The number of hydrogen-bond acceptors (Lipinski definition) is 8. The zero-order valence-electron chi connectivity index (χ0n) is 15.8. The molecule has 3 rings (SSSR count). The lowest BCUT2D eigenvalue weighted by atomic mass is 10.2. The molecule has 154 valence electrons. The van der Waals surface area contributed by atoms with Crippen LogP contribution < -0.4 is 14.9 Å². The predicted octanol–water partition coefficient (Wildman–Crippen LogP) is 3.16. The average molecular weight is 445 g/mol. The fourth-order valence-corrected chi connectivity index (χ4v) is 3.76. The van der Waals surface area contributed by atoms with Crippen LogP contribution in [0.25, 0.3) is 6.08 Å². The van der Waals surface area contributed by atoms with Gasteiger partial charge in [-0.1, -0.05) is 23.9 Å². The first kappa shape index (κ1) is 21.3. The minimum Gasteiger partial charge on any atom is -0.493 e.